The van der Waals surface area contributed by atoms with Crippen LogP contribution in [0.1, 0.15) is 10.4 Å². The van der Waals surface area contributed by atoms with Gasteiger partial charge in [-0.3, -0.25) is 19.9 Å². The number of rotatable bonds is 3. The van der Waals surface area contributed by atoms with E-state index in [-0.39, 0.29) is 16.3 Å². The molecule has 120 valence electrons. The number of hydrogen-bond acceptors (Lipinski definition) is 4. The standard InChI is InChI=1S/C16H9BrClN3O3/c17-10-6-9-2-1-5-19-15(9)13(7-10)20-16(22)12-4-3-11(18)8-14(12)21(23)24/h1-8H,(H,20,22). The molecule has 1 heterocycles. The Kier molecular flexibility index (Phi) is 4.46. The Morgan fingerprint density at radius 3 is 2.79 bits per heavy atom. The average molecular weight is 407 g/mol. The fraction of sp³-hybridized carbons (Fsp3) is 0. The zero-order chi connectivity index (χ0) is 17.3. The molecule has 0 aliphatic heterocycles. The van der Waals surface area contributed by atoms with E-state index in [0.717, 1.165) is 15.9 Å². The van der Waals surface area contributed by atoms with Crippen molar-refractivity contribution in [2.45, 2.75) is 0 Å². The highest BCUT2D eigenvalue weighted by Crippen LogP contribution is 2.29. The predicted molar refractivity (Wildman–Crippen MR) is 95.5 cm³/mol. The van der Waals surface area contributed by atoms with Crippen molar-refractivity contribution < 1.29 is 9.72 Å². The summed E-state index contributed by atoms with van der Waals surface area (Å²) >= 11 is 9.14. The molecule has 1 N–H and O–H groups in total. The summed E-state index contributed by atoms with van der Waals surface area (Å²) in [6.45, 7) is 0. The van der Waals surface area contributed by atoms with Crippen molar-refractivity contribution in [3.05, 3.63) is 73.8 Å². The molecule has 0 saturated heterocycles. The number of hydrogen-bond donors (Lipinski definition) is 1. The molecule has 0 bridgehead atoms. The van der Waals surface area contributed by atoms with Crippen LogP contribution in [0.25, 0.3) is 10.9 Å². The fourth-order valence-corrected chi connectivity index (χ4v) is 2.93. The first-order valence-electron chi connectivity index (χ1n) is 6.75. The van der Waals surface area contributed by atoms with Gasteiger partial charge in [0.05, 0.1) is 16.1 Å². The molecule has 0 aliphatic rings. The van der Waals surface area contributed by atoms with Crippen LogP contribution in [0.3, 0.4) is 0 Å². The molecule has 1 aromatic heterocycles. The summed E-state index contributed by atoms with van der Waals surface area (Å²) in [5.41, 5.74) is 0.612. The number of carbonyl (C=O) groups excluding carboxylic acids is 1. The highest BCUT2D eigenvalue weighted by Gasteiger charge is 2.21. The zero-order valence-corrected chi connectivity index (χ0v) is 14.3. The molecule has 24 heavy (non-hydrogen) atoms. The zero-order valence-electron chi connectivity index (χ0n) is 12.0. The number of aromatic nitrogens is 1. The van der Waals surface area contributed by atoms with Gasteiger partial charge < -0.3 is 5.32 Å². The van der Waals surface area contributed by atoms with Gasteiger partial charge in [-0.2, -0.15) is 0 Å². The largest absolute Gasteiger partial charge is 0.320 e. The van der Waals surface area contributed by atoms with E-state index in [9.17, 15) is 14.9 Å². The monoisotopic (exact) mass is 405 g/mol. The first-order chi connectivity index (χ1) is 11.5. The second-order valence-electron chi connectivity index (χ2n) is 4.90. The second kappa shape index (κ2) is 6.54. The lowest BCUT2D eigenvalue weighted by Gasteiger charge is -2.09. The summed E-state index contributed by atoms with van der Waals surface area (Å²) < 4.78 is 0.754. The van der Waals surface area contributed by atoms with Gasteiger partial charge in [-0.1, -0.05) is 33.6 Å². The van der Waals surface area contributed by atoms with Crippen LogP contribution in [0, 0.1) is 10.1 Å². The van der Waals surface area contributed by atoms with Gasteiger partial charge in [-0.25, -0.2) is 0 Å². The molecule has 2 aromatic carbocycles. The van der Waals surface area contributed by atoms with Gasteiger partial charge in [0.1, 0.15) is 5.56 Å². The minimum Gasteiger partial charge on any atom is -0.320 e. The maximum Gasteiger partial charge on any atom is 0.283 e. The number of anilines is 1. The van der Waals surface area contributed by atoms with Crippen molar-refractivity contribution in [1.29, 1.82) is 0 Å². The third-order valence-electron chi connectivity index (χ3n) is 3.32. The maximum absolute atomic E-state index is 12.5. The number of amides is 1. The van der Waals surface area contributed by atoms with Gasteiger partial charge in [0, 0.05) is 27.1 Å². The van der Waals surface area contributed by atoms with Crippen LogP contribution in [0.4, 0.5) is 11.4 Å². The Morgan fingerprint density at radius 1 is 1.25 bits per heavy atom. The molecule has 0 aliphatic carbocycles. The molecule has 0 unspecified atom stereocenters. The fourth-order valence-electron chi connectivity index (χ4n) is 2.29. The highest BCUT2D eigenvalue weighted by atomic mass is 79.9. The number of nitro benzene ring substituents is 1. The normalized spacial score (nSPS) is 10.6. The van der Waals surface area contributed by atoms with E-state index in [1.165, 1.54) is 12.1 Å². The SMILES string of the molecule is O=C(Nc1cc(Br)cc2cccnc12)c1ccc(Cl)cc1[N+](=O)[O-]. The van der Waals surface area contributed by atoms with Crippen LogP contribution in [0.15, 0.2) is 53.1 Å². The maximum atomic E-state index is 12.5. The van der Waals surface area contributed by atoms with E-state index in [2.05, 4.69) is 26.2 Å². The van der Waals surface area contributed by atoms with E-state index in [1.807, 2.05) is 12.1 Å². The Morgan fingerprint density at radius 2 is 2.04 bits per heavy atom. The predicted octanol–water partition coefficient (Wildman–Crippen LogP) is 4.81. The topological polar surface area (TPSA) is 85.1 Å². The molecular formula is C16H9BrClN3O3. The molecule has 0 radical (unpaired) electrons. The van der Waals surface area contributed by atoms with Crippen LogP contribution in [0.2, 0.25) is 5.02 Å². The Balaban J connectivity index is 2.04. The lowest BCUT2D eigenvalue weighted by atomic mass is 10.1. The van der Waals surface area contributed by atoms with Crippen molar-refractivity contribution >= 4 is 55.7 Å². The first-order valence-corrected chi connectivity index (χ1v) is 7.92. The van der Waals surface area contributed by atoms with Gasteiger partial charge in [0.2, 0.25) is 0 Å². The molecule has 0 atom stereocenters. The summed E-state index contributed by atoms with van der Waals surface area (Å²) in [5.74, 6) is -0.608. The summed E-state index contributed by atoms with van der Waals surface area (Å²) in [6.07, 6.45) is 1.61. The summed E-state index contributed by atoms with van der Waals surface area (Å²) in [7, 11) is 0. The Hall–Kier alpha value is -2.51. The Bertz CT molecular complexity index is 978. The number of nitrogens with zero attached hydrogens (tertiary/aromatic N) is 2. The van der Waals surface area contributed by atoms with E-state index in [1.54, 1.807) is 18.3 Å². The molecule has 0 saturated carbocycles. The molecular weight excluding hydrogens is 398 g/mol. The Labute approximate surface area is 149 Å². The molecule has 3 rings (SSSR count). The van der Waals surface area contributed by atoms with E-state index >= 15 is 0 Å². The number of nitro groups is 1. The molecule has 1 amide bonds. The first kappa shape index (κ1) is 16.4. The van der Waals surface area contributed by atoms with Crippen LogP contribution in [-0.4, -0.2) is 15.8 Å². The minimum atomic E-state index is -0.641. The number of pyridine rings is 1. The van der Waals surface area contributed by atoms with Crippen LogP contribution in [-0.2, 0) is 0 Å². The van der Waals surface area contributed by atoms with E-state index in [4.69, 9.17) is 11.6 Å². The number of nitrogens with one attached hydrogen (secondary N) is 1. The lowest BCUT2D eigenvalue weighted by molar-refractivity contribution is -0.385. The number of carbonyl (C=O) groups is 1. The van der Waals surface area contributed by atoms with Gasteiger partial charge in [-0.15, -0.1) is 0 Å². The van der Waals surface area contributed by atoms with Gasteiger partial charge in [0.15, 0.2) is 0 Å². The number of benzene rings is 2. The van der Waals surface area contributed by atoms with Crippen LogP contribution < -0.4 is 5.32 Å². The quantitative estimate of drug-likeness (QED) is 0.499. The third-order valence-corrected chi connectivity index (χ3v) is 4.01. The molecule has 6 nitrogen and oxygen atoms in total. The van der Waals surface area contributed by atoms with Crippen LogP contribution >= 0.6 is 27.5 Å². The van der Waals surface area contributed by atoms with Gasteiger partial charge >= 0.3 is 0 Å². The summed E-state index contributed by atoms with van der Waals surface area (Å²) in [4.78, 5) is 27.3. The smallest absolute Gasteiger partial charge is 0.283 e. The number of fused-ring (bicyclic) bond motifs is 1. The molecule has 3 aromatic rings. The van der Waals surface area contributed by atoms with Crippen LogP contribution in [0.5, 0.6) is 0 Å². The van der Waals surface area contributed by atoms with Crippen molar-refractivity contribution in [3.63, 3.8) is 0 Å². The van der Waals surface area contributed by atoms with E-state index in [0.29, 0.717) is 11.2 Å². The average Bonchev–Trinajstić information content (AvgIpc) is 2.54. The second-order valence-corrected chi connectivity index (χ2v) is 6.25. The van der Waals surface area contributed by atoms with E-state index < -0.39 is 10.8 Å². The molecule has 8 heteroatoms. The number of halogens is 2. The van der Waals surface area contributed by atoms with Crippen molar-refractivity contribution in [3.8, 4) is 0 Å². The summed E-state index contributed by atoms with van der Waals surface area (Å²) in [5, 5.41) is 14.8. The van der Waals surface area contributed by atoms with Gasteiger partial charge in [0.25, 0.3) is 11.6 Å². The lowest BCUT2D eigenvalue weighted by Crippen LogP contribution is -2.14. The third kappa shape index (κ3) is 3.22. The molecule has 0 fully saturated rings. The minimum absolute atomic E-state index is 0.0755. The van der Waals surface area contributed by atoms with Crippen molar-refractivity contribution in [2.75, 3.05) is 5.32 Å². The van der Waals surface area contributed by atoms with Crippen molar-refractivity contribution in [2.24, 2.45) is 0 Å². The molecule has 0 spiro atoms. The highest BCUT2D eigenvalue weighted by molar-refractivity contribution is 9.10. The van der Waals surface area contributed by atoms with Gasteiger partial charge in [-0.05, 0) is 30.3 Å². The van der Waals surface area contributed by atoms with Crippen molar-refractivity contribution in [1.82, 2.24) is 4.98 Å². The summed E-state index contributed by atoms with van der Waals surface area (Å²) in [6, 6.07) is 11.1.